The fourth-order valence-corrected chi connectivity index (χ4v) is 2.45. The van der Waals surface area contributed by atoms with E-state index in [4.69, 9.17) is 4.42 Å². The maximum absolute atomic E-state index is 13.7. The van der Waals surface area contributed by atoms with Crippen LogP contribution in [0.25, 0.3) is 0 Å². The predicted molar refractivity (Wildman–Crippen MR) is 87.4 cm³/mol. The Morgan fingerprint density at radius 1 is 1.20 bits per heavy atom. The fraction of sp³-hybridized carbons (Fsp3) is 0.111. The van der Waals surface area contributed by atoms with E-state index >= 15 is 0 Å². The lowest BCUT2D eigenvalue weighted by molar-refractivity contribution is -0.361. The van der Waals surface area contributed by atoms with Crippen molar-refractivity contribution < 1.29 is 24.0 Å². The van der Waals surface area contributed by atoms with Gasteiger partial charge in [0.1, 0.15) is 18.2 Å². The van der Waals surface area contributed by atoms with Gasteiger partial charge in [-0.15, -0.1) is 0 Å². The molecule has 0 radical (unpaired) electrons. The van der Waals surface area contributed by atoms with Crippen LogP contribution in [0.15, 0.2) is 63.9 Å². The second-order valence-electron chi connectivity index (χ2n) is 5.36. The first-order valence-corrected chi connectivity index (χ1v) is 7.54. The molecule has 0 spiro atoms. The van der Waals surface area contributed by atoms with Crippen LogP contribution in [-0.4, -0.2) is 10.2 Å². The normalized spacial score (nSPS) is 11.9. The van der Waals surface area contributed by atoms with Gasteiger partial charge in [-0.2, -0.15) is 0 Å². The molecule has 0 fully saturated rings. The number of nitrogens with one attached hydrogen (secondary N) is 2. The number of pyridine rings is 1. The maximum Gasteiger partial charge on any atom is 0.273 e. The molecule has 128 valence electrons. The molecule has 6 nitrogen and oxygen atoms in total. The number of aliphatic hydroxyl groups is 1. The lowest BCUT2D eigenvalue weighted by Crippen LogP contribution is -2.20. The van der Waals surface area contributed by atoms with Crippen LogP contribution in [0.5, 0.6) is 5.75 Å². The number of hydrogen-bond donors (Lipinski definition) is 3. The van der Waals surface area contributed by atoms with E-state index in [2.05, 4.69) is 10.3 Å². The number of aromatic amines is 1. The topological polar surface area (TPSA) is 96.8 Å². The molecule has 0 aliphatic carbocycles. The van der Waals surface area contributed by atoms with Crippen LogP contribution in [-0.2, 0) is 6.61 Å². The van der Waals surface area contributed by atoms with Crippen LogP contribution in [0, 0.1) is 5.82 Å². The van der Waals surface area contributed by atoms with Crippen molar-refractivity contribution in [2.24, 2.45) is 0 Å². The summed E-state index contributed by atoms with van der Waals surface area (Å²) in [5.41, 5.74) is -0.253. The molecule has 0 amide bonds. The van der Waals surface area contributed by atoms with E-state index in [0.717, 1.165) is 6.07 Å². The van der Waals surface area contributed by atoms with Crippen molar-refractivity contribution in [3.05, 3.63) is 87.9 Å². The van der Waals surface area contributed by atoms with Crippen LogP contribution in [0.4, 0.5) is 10.2 Å². The number of halogens is 1. The van der Waals surface area contributed by atoms with Crippen LogP contribution in [0.2, 0.25) is 0 Å². The zero-order valence-electron chi connectivity index (χ0n) is 13.1. The van der Waals surface area contributed by atoms with Gasteiger partial charge < -0.3 is 14.6 Å². The summed E-state index contributed by atoms with van der Waals surface area (Å²) in [4.78, 5) is 14.9. The Morgan fingerprint density at radius 3 is 2.72 bits per heavy atom. The van der Waals surface area contributed by atoms with Crippen LogP contribution in [0.1, 0.15) is 23.1 Å². The minimum Gasteiger partial charge on any atom is -0.502 e. The van der Waals surface area contributed by atoms with Gasteiger partial charge in [0.05, 0.1) is 6.20 Å². The van der Waals surface area contributed by atoms with Gasteiger partial charge in [0.2, 0.25) is 11.2 Å². The number of H-pyrrole nitrogens is 1. The largest absolute Gasteiger partial charge is 0.502 e. The average Bonchev–Trinajstić information content (AvgIpc) is 2.63. The number of anilines is 1. The minimum atomic E-state index is -0.853. The lowest BCUT2D eigenvalue weighted by Gasteiger charge is -2.16. The summed E-state index contributed by atoms with van der Waals surface area (Å²) in [5.74, 6) is -0.623. The molecule has 2 aromatic heterocycles. The highest BCUT2D eigenvalue weighted by molar-refractivity contribution is 5.43. The second kappa shape index (κ2) is 7.14. The van der Waals surface area contributed by atoms with E-state index < -0.39 is 29.6 Å². The average molecular weight is 343 g/mol. The standard InChI is InChI=1S/C18H15FN2O4/c19-12-5-3-4-11(8-12)16(21-15-6-1-2-7-20-15)18-17(24)14(23)9-13(10-22)25-18/h1-9,16,22,24H,10H2,(H,20,21)/p+1/t16-/m0/s1. The smallest absolute Gasteiger partial charge is 0.273 e. The molecule has 1 aromatic carbocycles. The van der Waals surface area contributed by atoms with Crippen LogP contribution in [0.3, 0.4) is 0 Å². The Labute approximate surface area is 142 Å². The van der Waals surface area contributed by atoms with E-state index in [1.807, 2.05) is 0 Å². The first kappa shape index (κ1) is 16.7. The van der Waals surface area contributed by atoms with Gasteiger partial charge in [-0.25, -0.2) is 9.37 Å². The van der Waals surface area contributed by atoms with Crippen molar-refractivity contribution in [2.45, 2.75) is 12.6 Å². The molecule has 0 saturated heterocycles. The summed E-state index contributed by atoms with van der Waals surface area (Å²) in [6.45, 7) is -0.504. The molecule has 0 bridgehead atoms. The molecule has 0 unspecified atom stereocenters. The van der Waals surface area contributed by atoms with Crippen LogP contribution >= 0.6 is 0 Å². The summed E-state index contributed by atoms with van der Waals surface area (Å²) in [6.07, 6.45) is 1.69. The van der Waals surface area contributed by atoms with E-state index in [0.29, 0.717) is 11.4 Å². The SMILES string of the molecule is O=c1cc(CO)oc([C@@H](Nc2cccc[nH+]2)c2cccc(F)c2)c1O. The molecular weight excluding hydrogens is 327 g/mol. The quantitative estimate of drug-likeness (QED) is 0.658. The highest BCUT2D eigenvalue weighted by Crippen LogP contribution is 2.30. The highest BCUT2D eigenvalue weighted by atomic mass is 19.1. The Kier molecular flexibility index (Phi) is 4.76. The molecular formula is C18H16FN2O4+. The molecule has 3 rings (SSSR count). The third-order valence-corrected chi connectivity index (χ3v) is 3.61. The van der Waals surface area contributed by atoms with Gasteiger partial charge in [0, 0.05) is 17.7 Å². The minimum absolute atomic E-state index is 0.00181. The van der Waals surface area contributed by atoms with E-state index in [-0.39, 0.29) is 11.5 Å². The fourth-order valence-electron chi connectivity index (χ4n) is 2.45. The summed E-state index contributed by atoms with van der Waals surface area (Å²) in [7, 11) is 0. The molecule has 2 heterocycles. The van der Waals surface area contributed by atoms with Crippen LogP contribution < -0.4 is 15.7 Å². The van der Waals surface area contributed by atoms with Crippen molar-refractivity contribution >= 4 is 5.82 Å². The summed E-state index contributed by atoms with van der Waals surface area (Å²) in [6, 6.07) is 11.2. The zero-order chi connectivity index (χ0) is 17.8. The molecule has 7 heteroatoms. The number of hydrogen-bond acceptors (Lipinski definition) is 5. The number of rotatable bonds is 5. The molecule has 1 atom stereocenters. The second-order valence-corrected chi connectivity index (χ2v) is 5.36. The first-order valence-electron chi connectivity index (χ1n) is 7.54. The first-order chi connectivity index (χ1) is 12.1. The molecule has 0 saturated carbocycles. The van der Waals surface area contributed by atoms with Gasteiger partial charge in [0.15, 0.2) is 11.8 Å². The van der Waals surface area contributed by atoms with E-state index in [1.165, 1.54) is 18.2 Å². The molecule has 0 aliphatic rings. The Bertz CT molecular complexity index is 928. The van der Waals surface area contributed by atoms with Crippen molar-refractivity contribution in [1.82, 2.24) is 0 Å². The molecule has 25 heavy (non-hydrogen) atoms. The Hall–Kier alpha value is -3.19. The third-order valence-electron chi connectivity index (χ3n) is 3.61. The van der Waals surface area contributed by atoms with Crippen molar-refractivity contribution in [1.29, 1.82) is 0 Å². The van der Waals surface area contributed by atoms with Gasteiger partial charge >= 0.3 is 0 Å². The van der Waals surface area contributed by atoms with Gasteiger partial charge in [-0.1, -0.05) is 18.2 Å². The lowest BCUT2D eigenvalue weighted by atomic mass is 10.0. The highest BCUT2D eigenvalue weighted by Gasteiger charge is 2.28. The summed E-state index contributed by atoms with van der Waals surface area (Å²) >= 11 is 0. The maximum atomic E-state index is 13.7. The summed E-state index contributed by atoms with van der Waals surface area (Å²) in [5, 5.41) is 22.5. The van der Waals surface area contributed by atoms with Gasteiger partial charge in [-0.05, 0) is 18.2 Å². The Morgan fingerprint density at radius 2 is 2.04 bits per heavy atom. The third kappa shape index (κ3) is 3.67. The number of aromatic hydroxyl groups is 1. The van der Waals surface area contributed by atoms with E-state index in [1.54, 1.807) is 30.5 Å². The molecule has 3 aromatic rings. The Balaban J connectivity index is 2.14. The number of benzene rings is 1. The van der Waals surface area contributed by atoms with Crippen molar-refractivity contribution in [2.75, 3.05) is 5.32 Å². The van der Waals surface area contributed by atoms with Gasteiger partial charge in [0.25, 0.3) is 5.82 Å². The van der Waals surface area contributed by atoms with Gasteiger partial charge in [-0.3, -0.25) is 10.1 Å². The zero-order valence-corrected chi connectivity index (χ0v) is 13.1. The van der Waals surface area contributed by atoms with Crippen molar-refractivity contribution in [3.8, 4) is 5.75 Å². The van der Waals surface area contributed by atoms with E-state index in [9.17, 15) is 19.4 Å². The predicted octanol–water partition coefficient (Wildman–Crippen LogP) is 1.99. The number of aliphatic hydroxyl groups excluding tert-OH is 1. The monoisotopic (exact) mass is 343 g/mol. The molecule has 0 aliphatic heterocycles. The molecule has 4 N–H and O–H groups in total. The summed E-state index contributed by atoms with van der Waals surface area (Å²) < 4.78 is 19.1. The van der Waals surface area contributed by atoms with Crippen molar-refractivity contribution in [3.63, 3.8) is 0 Å². The number of aromatic nitrogens is 1.